The molecule has 1 saturated heterocycles. The summed E-state index contributed by atoms with van der Waals surface area (Å²) in [5.41, 5.74) is 0.591. The van der Waals surface area contributed by atoms with Gasteiger partial charge in [0.15, 0.2) is 5.76 Å². The Bertz CT molecular complexity index is 1260. The zero-order valence-electron chi connectivity index (χ0n) is 19.4. The van der Waals surface area contributed by atoms with E-state index < -0.39 is 29.7 Å². The van der Waals surface area contributed by atoms with Gasteiger partial charge in [-0.3, -0.25) is 4.79 Å². The Balaban J connectivity index is 1.37. The van der Waals surface area contributed by atoms with Gasteiger partial charge in [0.2, 0.25) is 0 Å². The van der Waals surface area contributed by atoms with Gasteiger partial charge in [-0.05, 0) is 80.7 Å². The van der Waals surface area contributed by atoms with Crippen molar-refractivity contribution in [3.8, 4) is 5.75 Å². The largest absolute Gasteiger partial charge is 0.489 e. The molecular formula is C26H26Cl2F2N2O4. The highest BCUT2D eigenvalue weighted by atomic mass is 35.5. The Morgan fingerprint density at radius 2 is 1.92 bits per heavy atom. The van der Waals surface area contributed by atoms with E-state index in [0.29, 0.717) is 26.7 Å². The number of hydrogen-bond donors (Lipinski definition) is 2. The number of ether oxygens (including phenoxy) is 1. The lowest BCUT2D eigenvalue weighted by molar-refractivity contribution is -0.151. The van der Waals surface area contributed by atoms with Crippen LogP contribution in [0, 0.1) is 0 Å². The van der Waals surface area contributed by atoms with Crippen molar-refractivity contribution in [2.45, 2.75) is 49.9 Å². The van der Waals surface area contributed by atoms with Crippen LogP contribution >= 0.6 is 23.2 Å². The summed E-state index contributed by atoms with van der Waals surface area (Å²) in [5, 5.41) is 14.6. The molecule has 2 heterocycles. The predicted octanol–water partition coefficient (Wildman–Crippen LogP) is 5.69. The van der Waals surface area contributed by atoms with Gasteiger partial charge in [0.25, 0.3) is 5.91 Å². The van der Waals surface area contributed by atoms with Gasteiger partial charge in [0.05, 0.1) is 17.2 Å². The first-order valence-electron chi connectivity index (χ1n) is 12.0. The Hall–Kier alpha value is -2.39. The quantitative estimate of drug-likeness (QED) is 0.366. The molecule has 36 heavy (non-hydrogen) atoms. The number of alkyl halides is 2. The number of nitrogens with one attached hydrogen (secondary N) is 1. The van der Waals surface area contributed by atoms with E-state index in [0.717, 1.165) is 44.8 Å². The summed E-state index contributed by atoms with van der Waals surface area (Å²) in [7, 11) is 0. The number of benzene rings is 2. The van der Waals surface area contributed by atoms with Gasteiger partial charge in [-0.2, -0.15) is 8.78 Å². The minimum Gasteiger partial charge on any atom is -0.489 e. The zero-order chi connectivity index (χ0) is 25.4. The van der Waals surface area contributed by atoms with Crippen LogP contribution in [0.1, 0.15) is 43.1 Å². The van der Waals surface area contributed by atoms with Crippen LogP contribution in [-0.4, -0.2) is 47.7 Å². The fourth-order valence-corrected chi connectivity index (χ4v) is 4.82. The van der Waals surface area contributed by atoms with Crippen molar-refractivity contribution >= 4 is 40.1 Å². The molecule has 6 nitrogen and oxygen atoms in total. The average molecular weight is 539 g/mol. The molecule has 1 aliphatic heterocycles. The molecule has 2 fully saturated rings. The van der Waals surface area contributed by atoms with E-state index in [2.05, 4.69) is 5.32 Å². The smallest absolute Gasteiger partial charge is 0.380 e. The van der Waals surface area contributed by atoms with E-state index >= 15 is 8.78 Å². The Labute approximate surface area is 217 Å². The third kappa shape index (κ3) is 5.47. The summed E-state index contributed by atoms with van der Waals surface area (Å²) in [6.07, 6.45) is 2.75. The summed E-state index contributed by atoms with van der Waals surface area (Å²) < 4.78 is 41.4. The third-order valence-corrected chi connectivity index (χ3v) is 7.07. The minimum atomic E-state index is -3.96. The molecule has 0 radical (unpaired) electrons. The summed E-state index contributed by atoms with van der Waals surface area (Å²) in [4.78, 5) is 14.9. The lowest BCUT2D eigenvalue weighted by atomic mass is 10.0. The van der Waals surface area contributed by atoms with Crippen molar-refractivity contribution in [1.82, 2.24) is 10.2 Å². The fraction of sp³-hybridized carbons (Fsp3) is 0.423. The van der Waals surface area contributed by atoms with Crippen molar-refractivity contribution in [3.63, 3.8) is 0 Å². The number of fused-ring (bicyclic) bond motifs is 1. The monoisotopic (exact) mass is 538 g/mol. The SMILES string of the molecule is O=C(N[C@H](CN1CCCC1)[C@H](O)c1ccc(OC2CC2)c(Cl)c1)C(F)(F)c1cc2cc(Cl)ccc2o1. The molecule has 1 amide bonds. The highest BCUT2D eigenvalue weighted by Crippen LogP contribution is 2.36. The Morgan fingerprint density at radius 1 is 1.17 bits per heavy atom. The van der Waals surface area contributed by atoms with E-state index in [1.807, 2.05) is 4.90 Å². The van der Waals surface area contributed by atoms with Crippen molar-refractivity contribution in [2.24, 2.45) is 0 Å². The second kappa shape index (κ2) is 10.2. The molecule has 3 aromatic rings. The highest BCUT2D eigenvalue weighted by molar-refractivity contribution is 6.32. The van der Waals surface area contributed by atoms with Crippen LogP contribution in [0.5, 0.6) is 5.75 Å². The number of likely N-dealkylation sites (tertiary alicyclic amines) is 1. The van der Waals surface area contributed by atoms with Crippen LogP contribution in [0.15, 0.2) is 46.9 Å². The van der Waals surface area contributed by atoms with E-state index in [9.17, 15) is 9.90 Å². The molecule has 192 valence electrons. The first-order valence-corrected chi connectivity index (χ1v) is 12.7. The second-order valence-electron chi connectivity index (χ2n) is 9.41. The lowest BCUT2D eigenvalue weighted by Gasteiger charge is -2.30. The van der Waals surface area contributed by atoms with Crippen LogP contribution in [0.25, 0.3) is 11.0 Å². The molecular weight excluding hydrogens is 513 g/mol. The second-order valence-corrected chi connectivity index (χ2v) is 10.3. The fourth-order valence-electron chi connectivity index (χ4n) is 4.40. The van der Waals surface area contributed by atoms with Gasteiger partial charge >= 0.3 is 5.92 Å². The van der Waals surface area contributed by atoms with Gasteiger partial charge in [0, 0.05) is 17.0 Å². The number of carbonyl (C=O) groups excluding carboxylic acids is 1. The van der Waals surface area contributed by atoms with Crippen molar-refractivity contribution < 1.29 is 27.8 Å². The standard InChI is InChI=1S/C26H26Cl2F2N2O4/c27-17-4-8-21-16(11-17)13-23(36-21)26(29,30)25(34)31-20(14-32-9-1-2-10-32)24(33)15-3-7-22(19(28)12-15)35-18-5-6-18/h3-4,7-8,11-13,18,20,24,33H,1-2,5-6,9-10,14H2,(H,31,34)/t20-,24-/m1/s1. The molecule has 2 N–H and O–H groups in total. The Kier molecular flexibility index (Phi) is 7.14. The van der Waals surface area contributed by atoms with Crippen LogP contribution in [0.4, 0.5) is 8.78 Å². The molecule has 1 aliphatic carbocycles. The van der Waals surface area contributed by atoms with Crippen molar-refractivity contribution in [1.29, 1.82) is 0 Å². The maximum absolute atomic E-state index is 15.2. The molecule has 2 aromatic carbocycles. The highest BCUT2D eigenvalue weighted by Gasteiger charge is 2.46. The minimum absolute atomic E-state index is 0.150. The molecule has 0 bridgehead atoms. The van der Waals surface area contributed by atoms with Gasteiger partial charge in [-0.1, -0.05) is 29.3 Å². The maximum atomic E-state index is 15.2. The average Bonchev–Trinajstić information content (AvgIpc) is 3.32. The van der Waals surface area contributed by atoms with Gasteiger partial charge in [-0.15, -0.1) is 0 Å². The van der Waals surface area contributed by atoms with Crippen LogP contribution < -0.4 is 10.1 Å². The molecule has 0 spiro atoms. The number of aliphatic hydroxyl groups excluding tert-OH is 1. The van der Waals surface area contributed by atoms with Crippen LogP contribution in [-0.2, 0) is 10.7 Å². The molecule has 2 aliphatic rings. The van der Waals surface area contributed by atoms with E-state index in [1.54, 1.807) is 18.2 Å². The number of hydrogen-bond acceptors (Lipinski definition) is 5. The first kappa shape index (κ1) is 25.3. The molecule has 0 unspecified atom stereocenters. The van der Waals surface area contributed by atoms with Crippen LogP contribution in [0.2, 0.25) is 10.0 Å². The normalized spacial score (nSPS) is 18.4. The topological polar surface area (TPSA) is 74.9 Å². The number of nitrogens with zero attached hydrogens (tertiary/aromatic N) is 1. The Morgan fingerprint density at radius 3 is 2.61 bits per heavy atom. The zero-order valence-corrected chi connectivity index (χ0v) is 20.9. The molecule has 1 saturated carbocycles. The van der Waals surface area contributed by atoms with Gasteiger partial charge < -0.3 is 24.5 Å². The van der Waals surface area contributed by atoms with E-state index in [-0.39, 0.29) is 18.2 Å². The summed E-state index contributed by atoms with van der Waals surface area (Å²) in [6.45, 7) is 1.72. The molecule has 2 atom stereocenters. The number of amides is 1. The lowest BCUT2D eigenvalue weighted by Crippen LogP contribution is -2.50. The summed E-state index contributed by atoms with van der Waals surface area (Å²) in [5.74, 6) is -5.81. The molecule has 10 heteroatoms. The molecule has 1 aromatic heterocycles. The maximum Gasteiger partial charge on any atom is 0.380 e. The third-order valence-electron chi connectivity index (χ3n) is 6.54. The summed E-state index contributed by atoms with van der Waals surface area (Å²) in [6, 6.07) is 9.41. The first-order chi connectivity index (χ1) is 17.2. The number of carbonyl (C=O) groups is 1. The van der Waals surface area contributed by atoms with Crippen molar-refractivity contribution in [2.75, 3.05) is 19.6 Å². The number of rotatable bonds is 9. The molecule has 5 rings (SSSR count). The van der Waals surface area contributed by atoms with Gasteiger partial charge in [0.1, 0.15) is 17.4 Å². The van der Waals surface area contributed by atoms with Gasteiger partial charge in [-0.25, -0.2) is 0 Å². The summed E-state index contributed by atoms with van der Waals surface area (Å²) >= 11 is 12.3. The van der Waals surface area contributed by atoms with E-state index in [1.165, 1.54) is 18.2 Å². The number of aliphatic hydroxyl groups is 1. The number of halogens is 4. The van der Waals surface area contributed by atoms with Crippen molar-refractivity contribution in [3.05, 3.63) is 63.8 Å². The van der Waals surface area contributed by atoms with E-state index in [4.69, 9.17) is 32.4 Å². The number of furan rings is 1. The predicted molar refractivity (Wildman–Crippen MR) is 133 cm³/mol. The van der Waals surface area contributed by atoms with Crippen LogP contribution in [0.3, 0.4) is 0 Å².